The third kappa shape index (κ3) is 5.80. The summed E-state index contributed by atoms with van der Waals surface area (Å²) in [6.45, 7) is 7.16. The fourth-order valence-electron chi connectivity index (χ4n) is 3.17. The van der Waals surface area contributed by atoms with Crippen LogP contribution in [0, 0.1) is 0 Å². The SMILES string of the molecule is CCn1c(SCC(=O)N[C@H](Cc2ccccc2)C(C)=O)nnc1N1CCOCC1. The Morgan fingerprint density at radius 1 is 1.21 bits per heavy atom. The number of nitrogens with one attached hydrogen (secondary N) is 1. The van der Waals surface area contributed by atoms with E-state index in [9.17, 15) is 9.59 Å². The van der Waals surface area contributed by atoms with E-state index in [0.717, 1.165) is 24.6 Å². The van der Waals surface area contributed by atoms with Gasteiger partial charge in [-0.2, -0.15) is 0 Å². The number of nitrogens with zero attached hydrogens (tertiary/aromatic N) is 4. The van der Waals surface area contributed by atoms with Crippen molar-refractivity contribution in [2.75, 3.05) is 37.0 Å². The minimum Gasteiger partial charge on any atom is -0.378 e. The molecule has 0 aliphatic carbocycles. The summed E-state index contributed by atoms with van der Waals surface area (Å²) < 4.78 is 7.40. The minimum absolute atomic E-state index is 0.0569. The van der Waals surface area contributed by atoms with Crippen LogP contribution in [-0.4, -0.2) is 64.6 Å². The van der Waals surface area contributed by atoms with E-state index in [0.29, 0.717) is 31.3 Å². The molecular formula is C20H27N5O3S. The lowest BCUT2D eigenvalue weighted by Gasteiger charge is -2.27. The van der Waals surface area contributed by atoms with Gasteiger partial charge in [0.15, 0.2) is 10.9 Å². The summed E-state index contributed by atoms with van der Waals surface area (Å²) in [5.74, 6) is 0.743. The average molecular weight is 418 g/mol. The molecule has 1 amide bonds. The van der Waals surface area contributed by atoms with Crippen molar-refractivity contribution in [1.29, 1.82) is 0 Å². The maximum absolute atomic E-state index is 12.5. The smallest absolute Gasteiger partial charge is 0.231 e. The van der Waals surface area contributed by atoms with Gasteiger partial charge in [0.2, 0.25) is 11.9 Å². The molecule has 1 aliphatic heterocycles. The second-order valence-electron chi connectivity index (χ2n) is 6.84. The van der Waals surface area contributed by atoms with Gasteiger partial charge >= 0.3 is 0 Å². The zero-order valence-corrected chi connectivity index (χ0v) is 17.7. The van der Waals surface area contributed by atoms with E-state index in [4.69, 9.17) is 4.74 Å². The normalized spacial score (nSPS) is 15.2. The Morgan fingerprint density at radius 3 is 2.59 bits per heavy atom. The van der Waals surface area contributed by atoms with Crippen LogP contribution >= 0.6 is 11.8 Å². The van der Waals surface area contributed by atoms with E-state index < -0.39 is 6.04 Å². The van der Waals surface area contributed by atoms with Crippen LogP contribution in [0.2, 0.25) is 0 Å². The Morgan fingerprint density at radius 2 is 1.93 bits per heavy atom. The average Bonchev–Trinajstić information content (AvgIpc) is 3.16. The molecule has 0 spiro atoms. The number of ether oxygens (including phenoxy) is 1. The molecule has 0 bridgehead atoms. The van der Waals surface area contributed by atoms with Crippen molar-refractivity contribution < 1.29 is 14.3 Å². The molecule has 1 fully saturated rings. The molecule has 2 aromatic rings. The number of aromatic nitrogens is 3. The number of thioether (sulfide) groups is 1. The lowest BCUT2D eigenvalue weighted by atomic mass is 10.0. The maximum Gasteiger partial charge on any atom is 0.231 e. The molecule has 0 unspecified atom stereocenters. The standard InChI is InChI=1S/C20H27N5O3S/c1-3-25-19(24-9-11-28-12-10-24)22-23-20(25)29-14-18(27)21-17(15(2)26)13-16-7-5-4-6-8-16/h4-8,17H,3,9-14H2,1-2H3,(H,21,27)/t17-/m1/s1. The highest BCUT2D eigenvalue weighted by Crippen LogP contribution is 2.22. The molecule has 1 aromatic heterocycles. The molecule has 1 atom stereocenters. The monoisotopic (exact) mass is 417 g/mol. The van der Waals surface area contributed by atoms with E-state index >= 15 is 0 Å². The first-order chi connectivity index (χ1) is 14.1. The highest BCUT2D eigenvalue weighted by Gasteiger charge is 2.22. The third-order valence-electron chi connectivity index (χ3n) is 4.75. The second kappa shape index (κ2) is 10.4. The number of morpholine rings is 1. The molecule has 8 nitrogen and oxygen atoms in total. The number of amides is 1. The molecule has 1 N–H and O–H groups in total. The van der Waals surface area contributed by atoms with Crippen LogP contribution in [0.4, 0.5) is 5.95 Å². The van der Waals surface area contributed by atoms with E-state index in [1.807, 2.05) is 41.8 Å². The number of carbonyl (C=O) groups is 2. The van der Waals surface area contributed by atoms with Gasteiger partial charge in [-0.05, 0) is 25.8 Å². The van der Waals surface area contributed by atoms with Crippen molar-refractivity contribution in [3.8, 4) is 0 Å². The number of hydrogen-bond acceptors (Lipinski definition) is 7. The van der Waals surface area contributed by atoms with E-state index in [-0.39, 0.29) is 17.4 Å². The van der Waals surface area contributed by atoms with Crippen LogP contribution in [0.3, 0.4) is 0 Å². The predicted molar refractivity (Wildman–Crippen MR) is 112 cm³/mol. The number of benzene rings is 1. The summed E-state index contributed by atoms with van der Waals surface area (Å²) in [5, 5.41) is 12.1. The zero-order chi connectivity index (χ0) is 20.6. The maximum atomic E-state index is 12.5. The molecule has 1 aromatic carbocycles. The molecular weight excluding hydrogens is 390 g/mol. The van der Waals surface area contributed by atoms with Crippen molar-refractivity contribution in [3.05, 3.63) is 35.9 Å². The number of ketones is 1. The topological polar surface area (TPSA) is 89.3 Å². The Balaban J connectivity index is 1.58. The quantitative estimate of drug-likeness (QED) is 0.619. The number of rotatable bonds is 9. The summed E-state index contributed by atoms with van der Waals surface area (Å²) in [7, 11) is 0. The van der Waals surface area contributed by atoms with Gasteiger partial charge in [0, 0.05) is 19.6 Å². The summed E-state index contributed by atoms with van der Waals surface area (Å²) >= 11 is 1.33. The van der Waals surface area contributed by atoms with Crippen LogP contribution in [0.15, 0.2) is 35.5 Å². The summed E-state index contributed by atoms with van der Waals surface area (Å²) in [6.07, 6.45) is 0.485. The predicted octanol–water partition coefficient (Wildman–Crippen LogP) is 1.54. The third-order valence-corrected chi connectivity index (χ3v) is 5.72. The van der Waals surface area contributed by atoms with Gasteiger partial charge in [-0.1, -0.05) is 42.1 Å². The largest absolute Gasteiger partial charge is 0.378 e. The molecule has 3 rings (SSSR count). The van der Waals surface area contributed by atoms with Gasteiger partial charge in [0.25, 0.3) is 0 Å². The van der Waals surface area contributed by atoms with Crippen molar-refractivity contribution in [1.82, 2.24) is 20.1 Å². The molecule has 1 aliphatic rings. The van der Waals surface area contributed by atoms with Crippen molar-refractivity contribution in [3.63, 3.8) is 0 Å². The fraction of sp³-hybridized carbons (Fsp3) is 0.500. The lowest BCUT2D eigenvalue weighted by molar-refractivity contribution is -0.125. The van der Waals surface area contributed by atoms with Crippen LogP contribution < -0.4 is 10.2 Å². The Hall–Kier alpha value is -2.39. The highest BCUT2D eigenvalue weighted by molar-refractivity contribution is 7.99. The number of carbonyl (C=O) groups excluding carboxylic acids is 2. The van der Waals surface area contributed by atoms with Crippen LogP contribution in [0.25, 0.3) is 0 Å². The second-order valence-corrected chi connectivity index (χ2v) is 7.78. The summed E-state index contributed by atoms with van der Waals surface area (Å²) in [6, 6.07) is 9.15. The molecule has 156 valence electrons. The number of anilines is 1. The zero-order valence-electron chi connectivity index (χ0n) is 16.8. The molecule has 2 heterocycles. The number of hydrogen-bond donors (Lipinski definition) is 1. The van der Waals surface area contributed by atoms with E-state index in [1.54, 1.807) is 0 Å². The van der Waals surface area contributed by atoms with Gasteiger partial charge in [0.05, 0.1) is 25.0 Å². The molecule has 9 heteroatoms. The van der Waals surface area contributed by atoms with Gasteiger partial charge in [-0.15, -0.1) is 10.2 Å². The van der Waals surface area contributed by atoms with Gasteiger partial charge in [-0.3, -0.25) is 14.2 Å². The fourth-order valence-corrected chi connectivity index (χ4v) is 3.98. The van der Waals surface area contributed by atoms with Crippen molar-refractivity contribution in [2.24, 2.45) is 0 Å². The molecule has 29 heavy (non-hydrogen) atoms. The molecule has 0 saturated carbocycles. The van der Waals surface area contributed by atoms with E-state index in [1.165, 1.54) is 18.7 Å². The summed E-state index contributed by atoms with van der Waals surface area (Å²) in [5.41, 5.74) is 1.02. The van der Waals surface area contributed by atoms with Gasteiger partial charge < -0.3 is 15.0 Å². The Kier molecular flexibility index (Phi) is 7.65. The Bertz CT molecular complexity index is 821. The minimum atomic E-state index is -0.529. The number of Topliss-reactive ketones (excluding diaryl/α,β-unsaturated/α-hetero) is 1. The highest BCUT2D eigenvalue weighted by atomic mass is 32.2. The lowest BCUT2D eigenvalue weighted by Crippen LogP contribution is -2.42. The van der Waals surface area contributed by atoms with Crippen LogP contribution in [0.1, 0.15) is 19.4 Å². The summed E-state index contributed by atoms with van der Waals surface area (Å²) in [4.78, 5) is 26.6. The van der Waals surface area contributed by atoms with E-state index in [2.05, 4.69) is 20.4 Å². The van der Waals surface area contributed by atoms with Gasteiger partial charge in [-0.25, -0.2) is 0 Å². The first-order valence-corrected chi connectivity index (χ1v) is 10.8. The molecule has 0 radical (unpaired) electrons. The van der Waals surface area contributed by atoms with Crippen LogP contribution in [0.5, 0.6) is 0 Å². The molecule has 1 saturated heterocycles. The van der Waals surface area contributed by atoms with Crippen molar-refractivity contribution >= 4 is 29.4 Å². The Labute approximate surface area is 175 Å². The van der Waals surface area contributed by atoms with Crippen molar-refractivity contribution in [2.45, 2.75) is 38.0 Å². The first-order valence-electron chi connectivity index (χ1n) is 9.81. The first kappa shape index (κ1) is 21.3. The van der Waals surface area contributed by atoms with Gasteiger partial charge in [0.1, 0.15) is 0 Å². The van der Waals surface area contributed by atoms with Crippen LogP contribution in [-0.2, 0) is 27.3 Å².